The zero-order chi connectivity index (χ0) is 13.1. The minimum atomic E-state index is -0.499. The van der Waals surface area contributed by atoms with Gasteiger partial charge in [0.05, 0.1) is 10.7 Å². The van der Waals surface area contributed by atoms with Crippen LogP contribution >= 0.6 is 11.6 Å². The molecule has 2 aromatic rings. The van der Waals surface area contributed by atoms with Crippen molar-refractivity contribution in [3.05, 3.63) is 52.8 Å². The van der Waals surface area contributed by atoms with E-state index in [2.05, 4.69) is 10.3 Å². The summed E-state index contributed by atoms with van der Waals surface area (Å²) in [6.45, 7) is 1.89. The summed E-state index contributed by atoms with van der Waals surface area (Å²) in [5, 5.41) is 12.6. The number of amides is 1. The van der Waals surface area contributed by atoms with Crippen LogP contribution in [0, 0.1) is 6.92 Å². The van der Waals surface area contributed by atoms with Gasteiger partial charge in [-0.15, -0.1) is 0 Å². The van der Waals surface area contributed by atoms with Gasteiger partial charge in [-0.2, -0.15) is 0 Å². The molecule has 0 spiro atoms. The van der Waals surface area contributed by atoms with Crippen molar-refractivity contribution >= 4 is 23.2 Å². The molecule has 0 fully saturated rings. The third kappa shape index (κ3) is 2.60. The molecule has 0 aliphatic rings. The Morgan fingerprint density at radius 2 is 2.17 bits per heavy atom. The number of nitrogens with one attached hydrogen (secondary N) is 1. The Kier molecular flexibility index (Phi) is 3.48. The first kappa shape index (κ1) is 12.4. The lowest BCUT2D eigenvalue weighted by molar-refractivity contribution is 0.101. The highest BCUT2D eigenvalue weighted by Crippen LogP contribution is 2.24. The van der Waals surface area contributed by atoms with Crippen molar-refractivity contribution < 1.29 is 9.90 Å². The van der Waals surface area contributed by atoms with Crippen LogP contribution in [0.2, 0.25) is 5.02 Å². The van der Waals surface area contributed by atoms with Crippen LogP contribution in [0.5, 0.6) is 5.75 Å². The Labute approximate surface area is 109 Å². The van der Waals surface area contributed by atoms with E-state index in [0.717, 1.165) is 5.56 Å². The van der Waals surface area contributed by atoms with E-state index < -0.39 is 5.91 Å². The van der Waals surface area contributed by atoms with Gasteiger partial charge in [0.25, 0.3) is 5.91 Å². The molecule has 2 N–H and O–H groups in total. The van der Waals surface area contributed by atoms with Gasteiger partial charge in [0.1, 0.15) is 5.75 Å². The average Bonchev–Trinajstić information content (AvgIpc) is 2.34. The third-order valence-corrected chi connectivity index (χ3v) is 2.70. The molecule has 4 nitrogen and oxygen atoms in total. The van der Waals surface area contributed by atoms with Gasteiger partial charge in [0.2, 0.25) is 0 Å². The second-order valence-electron chi connectivity index (χ2n) is 3.81. The van der Waals surface area contributed by atoms with E-state index in [4.69, 9.17) is 11.6 Å². The van der Waals surface area contributed by atoms with E-state index >= 15 is 0 Å². The molecule has 0 aliphatic carbocycles. The molecule has 1 aromatic carbocycles. The summed E-state index contributed by atoms with van der Waals surface area (Å²) in [7, 11) is 0. The Balaban J connectivity index is 2.27. The summed E-state index contributed by atoms with van der Waals surface area (Å²) < 4.78 is 0. The number of aryl methyl sites for hydroxylation is 1. The van der Waals surface area contributed by atoms with Crippen LogP contribution in [-0.2, 0) is 0 Å². The van der Waals surface area contributed by atoms with Gasteiger partial charge in [-0.3, -0.25) is 4.79 Å². The largest absolute Gasteiger partial charge is 0.505 e. The zero-order valence-electron chi connectivity index (χ0n) is 9.64. The van der Waals surface area contributed by atoms with Crippen molar-refractivity contribution in [2.24, 2.45) is 0 Å². The fourth-order valence-electron chi connectivity index (χ4n) is 1.49. The van der Waals surface area contributed by atoms with Crippen molar-refractivity contribution in [3.63, 3.8) is 0 Å². The van der Waals surface area contributed by atoms with Crippen LogP contribution in [0.3, 0.4) is 0 Å². The molecule has 5 heteroatoms. The SMILES string of the molecule is Cc1ccc(Cl)c(NC(=O)c2ncccc2O)c1. The summed E-state index contributed by atoms with van der Waals surface area (Å²) in [5.74, 6) is -0.667. The van der Waals surface area contributed by atoms with E-state index in [9.17, 15) is 9.90 Å². The fraction of sp³-hybridized carbons (Fsp3) is 0.0769. The summed E-state index contributed by atoms with van der Waals surface area (Å²) in [6.07, 6.45) is 1.44. The molecule has 18 heavy (non-hydrogen) atoms. The highest BCUT2D eigenvalue weighted by molar-refractivity contribution is 6.33. The molecular formula is C13H11ClN2O2. The first-order chi connectivity index (χ1) is 8.58. The smallest absolute Gasteiger partial charge is 0.278 e. The lowest BCUT2D eigenvalue weighted by Crippen LogP contribution is -2.14. The molecular weight excluding hydrogens is 252 g/mol. The van der Waals surface area contributed by atoms with E-state index in [1.54, 1.807) is 18.2 Å². The zero-order valence-corrected chi connectivity index (χ0v) is 10.4. The topological polar surface area (TPSA) is 62.2 Å². The molecule has 0 saturated carbocycles. The van der Waals surface area contributed by atoms with Gasteiger partial charge in [-0.1, -0.05) is 17.7 Å². The summed E-state index contributed by atoms with van der Waals surface area (Å²) >= 11 is 5.97. The number of aromatic nitrogens is 1. The lowest BCUT2D eigenvalue weighted by Gasteiger charge is -2.08. The lowest BCUT2D eigenvalue weighted by atomic mass is 10.2. The number of hydrogen-bond acceptors (Lipinski definition) is 3. The molecule has 0 saturated heterocycles. The van der Waals surface area contributed by atoms with Crippen LogP contribution in [0.25, 0.3) is 0 Å². The molecule has 0 radical (unpaired) electrons. The van der Waals surface area contributed by atoms with Gasteiger partial charge < -0.3 is 10.4 Å². The highest BCUT2D eigenvalue weighted by atomic mass is 35.5. The Morgan fingerprint density at radius 3 is 2.89 bits per heavy atom. The molecule has 1 aromatic heterocycles. The van der Waals surface area contributed by atoms with Gasteiger partial charge in [-0.25, -0.2) is 4.98 Å². The Morgan fingerprint density at radius 1 is 1.39 bits per heavy atom. The quantitative estimate of drug-likeness (QED) is 0.875. The molecule has 0 bridgehead atoms. The van der Waals surface area contributed by atoms with E-state index in [1.807, 2.05) is 13.0 Å². The van der Waals surface area contributed by atoms with Crippen molar-refractivity contribution in [3.8, 4) is 5.75 Å². The normalized spacial score (nSPS) is 10.1. The van der Waals surface area contributed by atoms with E-state index in [0.29, 0.717) is 10.7 Å². The van der Waals surface area contributed by atoms with Gasteiger partial charge in [-0.05, 0) is 36.8 Å². The highest BCUT2D eigenvalue weighted by Gasteiger charge is 2.13. The van der Waals surface area contributed by atoms with Gasteiger partial charge in [0, 0.05) is 6.20 Å². The Hall–Kier alpha value is -2.07. The van der Waals surface area contributed by atoms with Gasteiger partial charge in [0.15, 0.2) is 5.69 Å². The van der Waals surface area contributed by atoms with Gasteiger partial charge >= 0.3 is 0 Å². The minimum absolute atomic E-state index is 0.0323. The molecule has 92 valence electrons. The molecule has 1 heterocycles. The fourth-order valence-corrected chi connectivity index (χ4v) is 1.65. The number of carbonyl (C=O) groups excluding carboxylic acids is 1. The standard InChI is InChI=1S/C13H11ClN2O2/c1-8-4-5-9(14)10(7-8)16-13(18)12-11(17)3-2-6-15-12/h2-7,17H,1H3,(H,16,18). The van der Waals surface area contributed by atoms with E-state index in [1.165, 1.54) is 12.3 Å². The number of pyridine rings is 1. The summed E-state index contributed by atoms with van der Waals surface area (Å²) in [5.41, 5.74) is 1.43. The van der Waals surface area contributed by atoms with Crippen LogP contribution in [-0.4, -0.2) is 16.0 Å². The first-order valence-corrected chi connectivity index (χ1v) is 5.67. The van der Waals surface area contributed by atoms with Crippen LogP contribution < -0.4 is 5.32 Å². The molecule has 0 atom stereocenters. The van der Waals surface area contributed by atoms with Crippen molar-refractivity contribution in [2.75, 3.05) is 5.32 Å². The second kappa shape index (κ2) is 5.06. The molecule has 0 aliphatic heterocycles. The minimum Gasteiger partial charge on any atom is -0.505 e. The summed E-state index contributed by atoms with van der Waals surface area (Å²) in [6, 6.07) is 8.24. The molecule has 2 rings (SSSR count). The van der Waals surface area contributed by atoms with Crippen molar-refractivity contribution in [2.45, 2.75) is 6.92 Å². The van der Waals surface area contributed by atoms with Crippen LogP contribution in [0.15, 0.2) is 36.5 Å². The second-order valence-corrected chi connectivity index (χ2v) is 4.22. The maximum atomic E-state index is 11.9. The number of carbonyl (C=O) groups is 1. The van der Waals surface area contributed by atoms with E-state index in [-0.39, 0.29) is 11.4 Å². The Bertz CT molecular complexity index is 599. The number of hydrogen-bond donors (Lipinski definition) is 2. The predicted molar refractivity (Wildman–Crippen MR) is 70.0 cm³/mol. The van der Waals surface area contributed by atoms with Crippen LogP contribution in [0.1, 0.15) is 16.1 Å². The number of rotatable bonds is 2. The predicted octanol–water partition coefficient (Wildman–Crippen LogP) is 3.00. The molecule has 0 unspecified atom stereocenters. The number of aromatic hydroxyl groups is 1. The third-order valence-electron chi connectivity index (χ3n) is 2.37. The number of halogens is 1. The summed E-state index contributed by atoms with van der Waals surface area (Å²) in [4.78, 5) is 15.7. The number of nitrogens with zero attached hydrogens (tertiary/aromatic N) is 1. The average molecular weight is 263 g/mol. The molecule has 1 amide bonds. The van der Waals surface area contributed by atoms with Crippen LogP contribution in [0.4, 0.5) is 5.69 Å². The maximum Gasteiger partial charge on any atom is 0.278 e. The monoisotopic (exact) mass is 262 g/mol. The maximum absolute atomic E-state index is 11.9. The number of benzene rings is 1. The first-order valence-electron chi connectivity index (χ1n) is 5.29. The van der Waals surface area contributed by atoms with Crippen molar-refractivity contribution in [1.82, 2.24) is 4.98 Å². The number of anilines is 1. The van der Waals surface area contributed by atoms with Crippen molar-refractivity contribution in [1.29, 1.82) is 0 Å².